The molecule has 0 saturated carbocycles. The van der Waals surface area contributed by atoms with Crippen LogP contribution in [0, 0.1) is 24.1 Å². The summed E-state index contributed by atoms with van der Waals surface area (Å²) in [5.41, 5.74) is 1.24. The number of rotatable bonds is 4. The molecule has 0 fully saturated rings. The van der Waals surface area contributed by atoms with E-state index in [9.17, 15) is 4.39 Å². The number of halogens is 1. The molecule has 1 N–H and O–H groups in total. The largest absolute Gasteiger partial charge is 0.300 e. The van der Waals surface area contributed by atoms with Gasteiger partial charge in [0.05, 0.1) is 6.07 Å². The summed E-state index contributed by atoms with van der Waals surface area (Å²) < 4.78 is 13.0. The first kappa shape index (κ1) is 12.7. The molecule has 0 aliphatic rings. The minimum atomic E-state index is -0.505. The van der Waals surface area contributed by atoms with Crippen LogP contribution >= 0.6 is 0 Å². The van der Waals surface area contributed by atoms with Gasteiger partial charge >= 0.3 is 0 Å². The standard InChI is InChI=1S/C13H17FN2/c1-10-8-11(4-5-12(10)14)6-7-16-13(2,3)9-15/h4-5,8,16H,6-7H2,1-3H3. The maximum absolute atomic E-state index is 13.0. The van der Waals surface area contributed by atoms with Crippen molar-refractivity contribution >= 4 is 0 Å². The Morgan fingerprint density at radius 2 is 2.12 bits per heavy atom. The predicted octanol–water partition coefficient (Wildman–Crippen LogP) is 2.57. The van der Waals surface area contributed by atoms with Gasteiger partial charge in [-0.25, -0.2) is 4.39 Å². The Bertz CT molecular complexity index is 405. The number of hydrogen-bond donors (Lipinski definition) is 1. The Hall–Kier alpha value is -1.40. The van der Waals surface area contributed by atoms with Gasteiger partial charge in [-0.05, 0) is 44.4 Å². The number of benzene rings is 1. The van der Waals surface area contributed by atoms with Gasteiger partial charge in [-0.2, -0.15) is 5.26 Å². The highest BCUT2D eigenvalue weighted by Gasteiger charge is 2.14. The Balaban J connectivity index is 2.50. The summed E-state index contributed by atoms with van der Waals surface area (Å²) in [6, 6.07) is 7.29. The van der Waals surface area contributed by atoms with Crippen LogP contribution in [0.3, 0.4) is 0 Å². The topological polar surface area (TPSA) is 35.8 Å². The summed E-state index contributed by atoms with van der Waals surface area (Å²) in [6.45, 7) is 6.14. The van der Waals surface area contributed by atoms with Crippen LogP contribution in [0.15, 0.2) is 18.2 Å². The minimum Gasteiger partial charge on any atom is -0.300 e. The van der Waals surface area contributed by atoms with Crippen molar-refractivity contribution in [3.8, 4) is 6.07 Å². The number of nitrogens with one attached hydrogen (secondary N) is 1. The molecule has 0 unspecified atom stereocenters. The second-order valence-electron chi connectivity index (χ2n) is 4.50. The van der Waals surface area contributed by atoms with Crippen LogP contribution in [0.2, 0.25) is 0 Å². The van der Waals surface area contributed by atoms with Crippen molar-refractivity contribution in [1.82, 2.24) is 5.32 Å². The molecule has 0 bridgehead atoms. The van der Waals surface area contributed by atoms with Gasteiger partial charge in [0.25, 0.3) is 0 Å². The van der Waals surface area contributed by atoms with Crippen molar-refractivity contribution < 1.29 is 4.39 Å². The van der Waals surface area contributed by atoms with Crippen molar-refractivity contribution in [2.75, 3.05) is 6.54 Å². The fourth-order valence-corrected chi connectivity index (χ4v) is 1.42. The number of nitrogens with zero attached hydrogens (tertiary/aromatic N) is 1. The van der Waals surface area contributed by atoms with Gasteiger partial charge in [0.1, 0.15) is 11.4 Å². The van der Waals surface area contributed by atoms with Gasteiger partial charge in [0, 0.05) is 6.54 Å². The van der Waals surface area contributed by atoms with Crippen LogP contribution in [0.1, 0.15) is 25.0 Å². The van der Waals surface area contributed by atoms with E-state index in [1.165, 1.54) is 6.07 Å². The Kier molecular flexibility index (Phi) is 4.03. The van der Waals surface area contributed by atoms with E-state index in [2.05, 4.69) is 11.4 Å². The maximum atomic E-state index is 13.0. The third-order valence-electron chi connectivity index (χ3n) is 2.48. The van der Waals surface area contributed by atoms with Gasteiger partial charge in [-0.3, -0.25) is 5.32 Å². The monoisotopic (exact) mass is 220 g/mol. The SMILES string of the molecule is Cc1cc(CCNC(C)(C)C#N)ccc1F. The molecule has 86 valence electrons. The molecule has 0 aliphatic heterocycles. The van der Waals surface area contributed by atoms with Crippen molar-refractivity contribution in [3.05, 3.63) is 35.1 Å². The van der Waals surface area contributed by atoms with Gasteiger partial charge in [-0.1, -0.05) is 12.1 Å². The highest BCUT2D eigenvalue weighted by molar-refractivity contribution is 5.24. The molecule has 0 atom stereocenters. The minimum absolute atomic E-state index is 0.172. The average molecular weight is 220 g/mol. The van der Waals surface area contributed by atoms with Gasteiger partial charge in [0.2, 0.25) is 0 Å². The van der Waals surface area contributed by atoms with E-state index in [-0.39, 0.29) is 5.82 Å². The molecule has 1 aromatic carbocycles. The fourth-order valence-electron chi connectivity index (χ4n) is 1.42. The van der Waals surface area contributed by atoms with Crippen LogP contribution in [-0.2, 0) is 6.42 Å². The Morgan fingerprint density at radius 3 is 2.69 bits per heavy atom. The summed E-state index contributed by atoms with van der Waals surface area (Å²) in [5, 5.41) is 11.9. The van der Waals surface area contributed by atoms with E-state index in [0.29, 0.717) is 12.1 Å². The fraction of sp³-hybridized carbons (Fsp3) is 0.462. The zero-order chi connectivity index (χ0) is 12.2. The van der Waals surface area contributed by atoms with Crippen molar-refractivity contribution in [3.63, 3.8) is 0 Å². The van der Waals surface area contributed by atoms with E-state index in [0.717, 1.165) is 12.0 Å². The second-order valence-corrected chi connectivity index (χ2v) is 4.50. The average Bonchev–Trinajstić information content (AvgIpc) is 2.23. The van der Waals surface area contributed by atoms with E-state index < -0.39 is 5.54 Å². The first-order valence-electron chi connectivity index (χ1n) is 5.36. The molecule has 0 aliphatic carbocycles. The van der Waals surface area contributed by atoms with E-state index in [1.54, 1.807) is 13.0 Å². The third kappa shape index (κ3) is 3.63. The lowest BCUT2D eigenvalue weighted by molar-refractivity contribution is 0.489. The van der Waals surface area contributed by atoms with Crippen LogP contribution in [0.4, 0.5) is 4.39 Å². The molecule has 3 heteroatoms. The van der Waals surface area contributed by atoms with Crippen LogP contribution in [0.25, 0.3) is 0 Å². The molecule has 0 aromatic heterocycles. The Labute approximate surface area is 96.1 Å². The third-order valence-corrected chi connectivity index (χ3v) is 2.48. The molecule has 2 nitrogen and oxygen atoms in total. The first-order valence-corrected chi connectivity index (χ1v) is 5.36. The molecule has 0 amide bonds. The second kappa shape index (κ2) is 5.09. The molecule has 0 saturated heterocycles. The van der Waals surface area contributed by atoms with Crippen molar-refractivity contribution in [2.45, 2.75) is 32.7 Å². The summed E-state index contributed by atoms with van der Waals surface area (Å²) >= 11 is 0. The highest BCUT2D eigenvalue weighted by atomic mass is 19.1. The zero-order valence-corrected chi connectivity index (χ0v) is 9.97. The lowest BCUT2D eigenvalue weighted by Gasteiger charge is -2.17. The molecular weight excluding hydrogens is 203 g/mol. The lowest BCUT2D eigenvalue weighted by atomic mass is 10.1. The van der Waals surface area contributed by atoms with Crippen LogP contribution in [-0.4, -0.2) is 12.1 Å². The quantitative estimate of drug-likeness (QED) is 0.846. The predicted molar refractivity (Wildman–Crippen MR) is 62.5 cm³/mol. The zero-order valence-electron chi connectivity index (χ0n) is 9.97. The normalized spacial score (nSPS) is 11.2. The Morgan fingerprint density at radius 1 is 1.44 bits per heavy atom. The summed E-state index contributed by atoms with van der Waals surface area (Å²) in [6.07, 6.45) is 0.798. The van der Waals surface area contributed by atoms with Crippen molar-refractivity contribution in [1.29, 1.82) is 5.26 Å². The number of hydrogen-bond acceptors (Lipinski definition) is 2. The molecule has 1 aromatic rings. The van der Waals surface area contributed by atoms with E-state index >= 15 is 0 Å². The molecule has 16 heavy (non-hydrogen) atoms. The van der Waals surface area contributed by atoms with E-state index in [1.807, 2.05) is 19.9 Å². The van der Waals surface area contributed by atoms with Crippen LogP contribution < -0.4 is 5.32 Å². The molecule has 0 heterocycles. The van der Waals surface area contributed by atoms with Gasteiger partial charge in [0.15, 0.2) is 0 Å². The number of nitriles is 1. The summed E-state index contributed by atoms with van der Waals surface area (Å²) in [4.78, 5) is 0. The summed E-state index contributed by atoms with van der Waals surface area (Å²) in [7, 11) is 0. The highest BCUT2D eigenvalue weighted by Crippen LogP contribution is 2.09. The van der Waals surface area contributed by atoms with E-state index in [4.69, 9.17) is 5.26 Å². The maximum Gasteiger partial charge on any atom is 0.126 e. The lowest BCUT2D eigenvalue weighted by Crippen LogP contribution is -2.38. The molecular formula is C13H17FN2. The number of aryl methyl sites for hydroxylation is 1. The molecule has 1 rings (SSSR count). The summed E-state index contributed by atoms with van der Waals surface area (Å²) in [5.74, 6) is -0.172. The molecule has 0 spiro atoms. The smallest absolute Gasteiger partial charge is 0.126 e. The van der Waals surface area contributed by atoms with Crippen LogP contribution in [0.5, 0.6) is 0 Å². The van der Waals surface area contributed by atoms with Crippen molar-refractivity contribution in [2.24, 2.45) is 0 Å². The molecule has 0 radical (unpaired) electrons. The first-order chi connectivity index (χ1) is 7.44. The van der Waals surface area contributed by atoms with Gasteiger partial charge in [-0.15, -0.1) is 0 Å². The van der Waals surface area contributed by atoms with Gasteiger partial charge < -0.3 is 0 Å².